The number of nitrogens with zero attached hydrogens (tertiary/aromatic N) is 1. The lowest BCUT2D eigenvalue weighted by atomic mass is 9.94. The van der Waals surface area contributed by atoms with Gasteiger partial charge in [0.05, 0.1) is 6.20 Å². The first kappa shape index (κ1) is 9.16. The second kappa shape index (κ2) is 2.84. The fraction of sp³-hybridized carbons (Fsp3) is 0.625. The number of rotatable bonds is 1. The van der Waals surface area contributed by atoms with Crippen molar-refractivity contribution in [2.75, 3.05) is 0 Å². The summed E-state index contributed by atoms with van der Waals surface area (Å²) in [6, 6.07) is 0. The van der Waals surface area contributed by atoms with Gasteiger partial charge in [0.15, 0.2) is 0 Å². The van der Waals surface area contributed by atoms with E-state index in [1.165, 1.54) is 6.20 Å². The van der Waals surface area contributed by atoms with Crippen LogP contribution in [0.5, 0.6) is 0 Å². The van der Waals surface area contributed by atoms with E-state index in [2.05, 4.69) is 4.98 Å². The Morgan fingerprint density at radius 1 is 1.42 bits per heavy atom. The molecule has 1 heterocycles. The standard InChI is InChI=1S/C8H11F2NO/c1-8(2,3)5-4-11-7(12-5)6(9)10/h4,6H,1-3H3. The number of aromatic nitrogens is 1. The molecule has 0 bridgehead atoms. The van der Waals surface area contributed by atoms with E-state index in [0.717, 1.165) is 0 Å². The zero-order valence-electron chi connectivity index (χ0n) is 7.27. The first-order chi connectivity index (χ1) is 5.41. The van der Waals surface area contributed by atoms with Gasteiger partial charge >= 0.3 is 6.43 Å². The minimum Gasteiger partial charge on any atom is -0.440 e. The van der Waals surface area contributed by atoms with Crippen molar-refractivity contribution in [2.45, 2.75) is 32.6 Å². The van der Waals surface area contributed by atoms with Gasteiger partial charge in [-0.25, -0.2) is 4.98 Å². The summed E-state index contributed by atoms with van der Waals surface area (Å²) in [5.74, 6) is -0.0160. The van der Waals surface area contributed by atoms with Crippen molar-refractivity contribution in [3.8, 4) is 0 Å². The fourth-order valence-corrected chi connectivity index (χ4v) is 0.735. The molecule has 0 unspecified atom stereocenters. The largest absolute Gasteiger partial charge is 0.440 e. The maximum Gasteiger partial charge on any atom is 0.313 e. The van der Waals surface area contributed by atoms with Crippen LogP contribution in [0.3, 0.4) is 0 Å². The first-order valence-corrected chi connectivity index (χ1v) is 3.65. The highest BCUT2D eigenvalue weighted by Gasteiger charge is 2.22. The zero-order valence-corrected chi connectivity index (χ0v) is 7.27. The van der Waals surface area contributed by atoms with E-state index in [0.29, 0.717) is 5.76 Å². The van der Waals surface area contributed by atoms with Gasteiger partial charge in [0, 0.05) is 5.41 Å². The normalized spacial score (nSPS) is 12.5. The molecule has 0 saturated carbocycles. The molecule has 0 fully saturated rings. The molecule has 2 nitrogen and oxygen atoms in total. The van der Waals surface area contributed by atoms with Crippen LogP contribution >= 0.6 is 0 Å². The molecule has 0 spiro atoms. The molecule has 68 valence electrons. The van der Waals surface area contributed by atoms with Gasteiger partial charge in [-0.15, -0.1) is 0 Å². The molecule has 0 radical (unpaired) electrons. The Morgan fingerprint density at radius 3 is 2.25 bits per heavy atom. The molecule has 0 aliphatic rings. The van der Waals surface area contributed by atoms with Crippen molar-refractivity contribution in [1.82, 2.24) is 4.98 Å². The zero-order chi connectivity index (χ0) is 9.35. The summed E-state index contributed by atoms with van der Waals surface area (Å²) < 4.78 is 28.9. The smallest absolute Gasteiger partial charge is 0.313 e. The van der Waals surface area contributed by atoms with Crippen LogP contribution in [0.15, 0.2) is 10.6 Å². The van der Waals surface area contributed by atoms with Crippen molar-refractivity contribution >= 4 is 0 Å². The van der Waals surface area contributed by atoms with E-state index in [4.69, 9.17) is 4.42 Å². The molecule has 1 aromatic heterocycles. The highest BCUT2D eigenvalue weighted by molar-refractivity contribution is 5.06. The van der Waals surface area contributed by atoms with Gasteiger partial charge in [-0.1, -0.05) is 20.8 Å². The average molecular weight is 175 g/mol. The molecule has 0 N–H and O–H groups in total. The van der Waals surface area contributed by atoms with E-state index in [-0.39, 0.29) is 5.41 Å². The van der Waals surface area contributed by atoms with Gasteiger partial charge < -0.3 is 4.42 Å². The van der Waals surface area contributed by atoms with Crippen LogP contribution in [-0.2, 0) is 5.41 Å². The SMILES string of the molecule is CC(C)(C)c1cnc(C(F)F)o1. The second-order valence-corrected chi connectivity index (χ2v) is 3.61. The Bertz CT molecular complexity index is 262. The predicted molar refractivity (Wildman–Crippen MR) is 40.2 cm³/mol. The van der Waals surface area contributed by atoms with Crippen LogP contribution in [-0.4, -0.2) is 4.98 Å². The number of hydrogen-bond donors (Lipinski definition) is 0. The molecule has 0 aliphatic carbocycles. The second-order valence-electron chi connectivity index (χ2n) is 3.61. The number of halogens is 2. The molecule has 0 aromatic carbocycles. The average Bonchev–Trinajstić information content (AvgIpc) is 2.30. The number of alkyl halides is 2. The molecule has 4 heteroatoms. The van der Waals surface area contributed by atoms with Gasteiger partial charge in [-0.05, 0) is 0 Å². The molecular formula is C8H11F2NO. The third kappa shape index (κ3) is 1.81. The van der Waals surface area contributed by atoms with E-state index >= 15 is 0 Å². The van der Waals surface area contributed by atoms with Crippen molar-refractivity contribution in [1.29, 1.82) is 0 Å². The summed E-state index contributed by atoms with van der Waals surface area (Å²) in [7, 11) is 0. The molecule has 0 aliphatic heterocycles. The van der Waals surface area contributed by atoms with Gasteiger partial charge in [0.25, 0.3) is 5.89 Å². The van der Waals surface area contributed by atoms with Crippen molar-refractivity contribution in [3.63, 3.8) is 0 Å². The Kier molecular flexibility index (Phi) is 2.17. The van der Waals surface area contributed by atoms with E-state index in [1.807, 2.05) is 20.8 Å². The maximum absolute atomic E-state index is 12.0. The summed E-state index contributed by atoms with van der Waals surface area (Å²) in [6.07, 6.45) is -1.28. The summed E-state index contributed by atoms with van der Waals surface area (Å²) >= 11 is 0. The first-order valence-electron chi connectivity index (χ1n) is 3.65. The van der Waals surface area contributed by atoms with Crippen LogP contribution in [0.25, 0.3) is 0 Å². The lowest BCUT2D eigenvalue weighted by Crippen LogP contribution is -2.09. The summed E-state index contributed by atoms with van der Waals surface area (Å²) in [5, 5.41) is 0. The molecule has 0 amide bonds. The van der Waals surface area contributed by atoms with Crippen LogP contribution < -0.4 is 0 Å². The third-order valence-electron chi connectivity index (χ3n) is 1.45. The highest BCUT2D eigenvalue weighted by Crippen LogP contribution is 2.26. The van der Waals surface area contributed by atoms with Crippen molar-refractivity contribution in [3.05, 3.63) is 17.8 Å². The number of oxazole rings is 1. The van der Waals surface area contributed by atoms with Gasteiger partial charge in [0.1, 0.15) is 5.76 Å². The summed E-state index contributed by atoms with van der Waals surface area (Å²) in [4.78, 5) is 3.47. The van der Waals surface area contributed by atoms with Crippen LogP contribution in [0.1, 0.15) is 38.8 Å². The Balaban J connectivity index is 2.92. The summed E-state index contributed by atoms with van der Waals surface area (Å²) in [5.41, 5.74) is -0.264. The van der Waals surface area contributed by atoms with Gasteiger partial charge in [-0.2, -0.15) is 8.78 Å². The van der Waals surface area contributed by atoms with Crippen molar-refractivity contribution < 1.29 is 13.2 Å². The quantitative estimate of drug-likeness (QED) is 0.655. The fourth-order valence-electron chi connectivity index (χ4n) is 0.735. The summed E-state index contributed by atoms with van der Waals surface area (Å²) in [6.45, 7) is 5.63. The van der Waals surface area contributed by atoms with Crippen LogP contribution in [0, 0.1) is 0 Å². The van der Waals surface area contributed by atoms with Crippen LogP contribution in [0.2, 0.25) is 0 Å². The monoisotopic (exact) mass is 175 g/mol. The predicted octanol–water partition coefficient (Wildman–Crippen LogP) is 2.91. The Labute approximate surface area is 69.6 Å². The molecular weight excluding hydrogens is 164 g/mol. The number of hydrogen-bond acceptors (Lipinski definition) is 2. The molecule has 0 saturated heterocycles. The van der Waals surface area contributed by atoms with E-state index < -0.39 is 12.3 Å². The molecule has 1 aromatic rings. The minimum atomic E-state index is -2.62. The molecule has 12 heavy (non-hydrogen) atoms. The third-order valence-corrected chi connectivity index (χ3v) is 1.45. The lowest BCUT2D eigenvalue weighted by Gasteiger charge is -2.12. The van der Waals surface area contributed by atoms with Gasteiger partial charge in [-0.3, -0.25) is 0 Å². The van der Waals surface area contributed by atoms with E-state index in [1.54, 1.807) is 0 Å². The van der Waals surface area contributed by atoms with Crippen LogP contribution in [0.4, 0.5) is 8.78 Å². The minimum absolute atomic E-state index is 0.264. The molecule has 1 rings (SSSR count). The topological polar surface area (TPSA) is 26.0 Å². The maximum atomic E-state index is 12.0. The Hall–Kier alpha value is -0.930. The lowest BCUT2D eigenvalue weighted by molar-refractivity contribution is 0.111. The van der Waals surface area contributed by atoms with Crippen molar-refractivity contribution in [2.24, 2.45) is 0 Å². The highest BCUT2D eigenvalue weighted by atomic mass is 19.3. The van der Waals surface area contributed by atoms with E-state index in [9.17, 15) is 8.78 Å². The van der Waals surface area contributed by atoms with Gasteiger partial charge in [0.2, 0.25) is 0 Å². The Morgan fingerprint density at radius 2 is 2.00 bits per heavy atom. The molecule has 0 atom stereocenters.